The average Bonchev–Trinajstić information content (AvgIpc) is 2.24. The highest BCUT2D eigenvalue weighted by molar-refractivity contribution is 7.94. The summed E-state index contributed by atoms with van der Waals surface area (Å²) >= 11 is 1.16. The zero-order chi connectivity index (χ0) is 10.2. The van der Waals surface area contributed by atoms with E-state index in [4.69, 9.17) is 4.33 Å². The maximum atomic E-state index is 10.2. The number of hydrogen-bond donors (Lipinski definition) is 0. The molecule has 0 radical (unpaired) electrons. The second-order valence-electron chi connectivity index (χ2n) is 2.67. The van der Waals surface area contributed by atoms with Crippen molar-refractivity contribution >= 4 is 18.3 Å². The van der Waals surface area contributed by atoms with Gasteiger partial charge in [-0.1, -0.05) is 12.1 Å². The molecule has 0 saturated heterocycles. The number of carbonyl (C=O) groups excluding carboxylic acids is 1. The van der Waals surface area contributed by atoms with Crippen LogP contribution in [0.3, 0.4) is 0 Å². The van der Waals surface area contributed by atoms with Crippen LogP contribution >= 0.6 is 12.0 Å². The van der Waals surface area contributed by atoms with Gasteiger partial charge in [0.25, 0.3) is 0 Å². The average molecular weight is 212 g/mol. The lowest BCUT2D eigenvalue weighted by atomic mass is 10.1. The summed E-state index contributed by atoms with van der Waals surface area (Å²) in [5.41, 5.74) is 1.13. The first-order valence-corrected chi connectivity index (χ1v) is 5.01. The van der Waals surface area contributed by atoms with Crippen molar-refractivity contribution < 1.29 is 14.0 Å². The number of carbonyl (C=O) groups is 1. The van der Waals surface area contributed by atoms with E-state index in [1.54, 1.807) is 0 Å². The van der Waals surface area contributed by atoms with Gasteiger partial charge in [0.2, 0.25) is 0 Å². The first kappa shape index (κ1) is 11.2. The Kier molecular flexibility index (Phi) is 5.29. The van der Waals surface area contributed by atoms with E-state index in [0.29, 0.717) is 6.42 Å². The van der Waals surface area contributed by atoms with Crippen LogP contribution in [-0.2, 0) is 20.4 Å². The number of aryl methyl sites for hydroxylation is 1. The van der Waals surface area contributed by atoms with Crippen LogP contribution in [0.1, 0.15) is 12.0 Å². The van der Waals surface area contributed by atoms with Gasteiger partial charge in [0.15, 0.2) is 0 Å². The van der Waals surface area contributed by atoms with Gasteiger partial charge in [-0.25, -0.2) is 4.89 Å². The lowest BCUT2D eigenvalue weighted by Gasteiger charge is -2.01. The molecule has 76 valence electrons. The van der Waals surface area contributed by atoms with Crippen molar-refractivity contribution in [3.8, 4) is 0 Å². The first-order valence-electron chi connectivity index (χ1n) is 4.26. The van der Waals surface area contributed by atoms with Crippen LogP contribution in [0.2, 0.25) is 0 Å². The highest BCUT2D eigenvalue weighted by atomic mass is 32.2. The van der Waals surface area contributed by atoms with E-state index in [9.17, 15) is 4.79 Å². The molecule has 14 heavy (non-hydrogen) atoms. The lowest BCUT2D eigenvalue weighted by molar-refractivity contribution is -0.160. The van der Waals surface area contributed by atoms with Crippen LogP contribution in [-0.4, -0.2) is 13.4 Å². The maximum Gasteiger partial charge on any atom is 0.120 e. The molecular weight excluding hydrogens is 200 g/mol. The van der Waals surface area contributed by atoms with Crippen LogP contribution in [0.25, 0.3) is 0 Å². The molecule has 0 aliphatic rings. The molecule has 0 heterocycles. The van der Waals surface area contributed by atoms with Crippen LogP contribution in [0, 0.1) is 0 Å². The van der Waals surface area contributed by atoms with Crippen LogP contribution < -0.4 is 0 Å². The van der Waals surface area contributed by atoms with Crippen LogP contribution in [0.15, 0.2) is 29.2 Å². The fraction of sp³-hybridized carbons (Fsp3) is 0.300. The molecular formula is C10H12O3S. The second kappa shape index (κ2) is 6.59. The van der Waals surface area contributed by atoms with Gasteiger partial charge in [-0.3, -0.25) is 0 Å². The molecule has 0 spiro atoms. The monoisotopic (exact) mass is 212 g/mol. The van der Waals surface area contributed by atoms with Crippen molar-refractivity contribution in [2.24, 2.45) is 0 Å². The van der Waals surface area contributed by atoms with Gasteiger partial charge in [-0.05, 0) is 24.1 Å². The van der Waals surface area contributed by atoms with Crippen LogP contribution in [0.5, 0.6) is 0 Å². The van der Waals surface area contributed by atoms with Crippen molar-refractivity contribution in [3.05, 3.63) is 29.8 Å². The summed E-state index contributed by atoms with van der Waals surface area (Å²) in [6.45, 7) is 0. The van der Waals surface area contributed by atoms with Crippen molar-refractivity contribution in [1.82, 2.24) is 0 Å². The summed E-state index contributed by atoms with van der Waals surface area (Å²) in [6.07, 6.45) is 2.25. The molecule has 3 nitrogen and oxygen atoms in total. The molecule has 4 heteroatoms. The summed E-state index contributed by atoms with van der Waals surface area (Å²) in [7, 11) is 1.46. The second-order valence-corrected chi connectivity index (χ2v) is 3.44. The molecule has 0 unspecified atom stereocenters. The minimum absolute atomic E-state index is 0.555. The Morgan fingerprint density at radius 1 is 1.50 bits per heavy atom. The molecule has 0 fully saturated rings. The Morgan fingerprint density at radius 3 is 3.07 bits per heavy atom. The number of benzene rings is 1. The Morgan fingerprint density at radius 2 is 2.36 bits per heavy atom. The Balaban J connectivity index is 2.54. The molecule has 1 rings (SSSR count). The Bertz CT molecular complexity index is 288. The van der Waals surface area contributed by atoms with E-state index >= 15 is 0 Å². The number of aldehydes is 1. The van der Waals surface area contributed by atoms with Crippen molar-refractivity contribution in [1.29, 1.82) is 0 Å². The molecule has 0 aliphatic heterocycles. The largest absolute Gasteiger partial charge is 0.303 e. The Labute approximate surface area is 87.5 Å². The van der Waals surface area contributed by atoms with Crippen molar-refractivity contribution in [2.75, 3.05) is 7.11 Å². The summed E-state index contributed by atoms with van der Waals surface area (Å²) in [6, 6.07) is 7.82. The summed E-state index contributed by atoms with van der Waals surface area (Å²) in [4.78, 5) is 15.6. The van der Waals surface area contributed by atoms with E-state index in [2.05, 4.69) is 4.89 Å². The van der Waals surface area contributed by atoms with Gasteiger partial charge in [-0.15, -0.1) is 0 Å². The highest BCUT2D eigenvalue weighted by Crippen LogP contribution is 2.20. The molecule has 0 N–H and O–H groups in total. The van der Waals surface area contributed by atoms with E-state index in [-0.39, 0.29) is 0 Å². The van der Waals surface area contributed by atoms with E-state index in [1.165, 1.54) is 7.11 Å². The summed E-state index contributed by atoms with van der Waals surface area (Å²) in [5.74, 6) is 0. The molecule has 1 aromatic rings. The molecule has 0 amide bonds. The normalized spacial score (nSPS) is 10.1. The fourth-order valence-corrected chi connectivity index (χ4v) is 1.53. The van der Waals surface area contributed by atoms with E-state index in [1.807, 2.05) is 24.3 Å². The van der Waals surface area contributed by atoms with Gasteiger partial charge >= 0.3 is 0 Å². The van der Waals surface area contributed by atoms with E-state index < -0.39 is 0 Å². The molecule has 0 atom stereocenters. The summed E-state index contributed by atoms with van der Waals surface area (Å²) < 4.78 is 4.73. The van der Waals surface area contributed by atoms with E-state index in [0.717, 1.165) is 35.2 Å². The molecule has 0 aliphatic carbocycles. The highest BCUT2D eigenvalue weighted by Gasteiger charge is 1.97. The fourth-order valence-electron chi connectivity index (χ4n) is 1.05. The first-order chi connectivity index (χ1) is 6.86. The third-order valence-corrected chi connectivity index (χ3v) is 2.30. The standard InChI is InChI=1S/C10H12O3S/c1-12-13-14-10-6-2-4-9(8-10)5-3-7-11/h2,4,6-8H,3,5H2,1H3. The van der Waals surface area contributed by atoms with Gasteiger partial charge in [-0.2, -0.15) is 4.33 Å². The van der Waals surface area contributed by atoms with Gasteiger partial charge < -0.3 is 4.79 Å². The minimum Gasteiger partial charge on any atom is -0.303 e. The summed E-state index contributed by atoms with van der Waals surface area (Å²) in [5, 5.41) is 0. The number of hydrogen-bond acceptors (Lipinski definition) is 4. The van der Waals surface area contributed by atoms with Crippen molar-refractivity contribution in [3.63, 3.8) is 0 Å². The zero-order valence-corrected chi connectivity index (χ0v) is 8.75. The molecule has 0 bridgehead atoms. The number of rotatable bonds is 6. The predicted molar refractivity (Wildman–Crippen MR) is 54.8 cm³/mol. The van der Waals surface area contributed by atoms with Gasteiger partial charge in [0.1, 0.15) is 6.29 Å². The topological polar surface area (TPSA) is 35.5 Å². The van der Waals surface area contributed by atoms with Crippen LogP contribution in [0.4, 0.5) is 0 Å². The molecule has 0 saturated carbocycles. The third kappa shape index (κ3) is 3.91. The predicted octanol–water partition coefficient (Wildman–Crippen LogP) is 2.40. The maximum absolute atomic E-state index is 10.2. The third-order valence-electron chi connectivity index (χ3n) is 1.65. The minimum atomic E-state index is 0.555. The van der Waals surface area contributed by atoms with Gasteiger partial charge in [0.05, 0.1) is 19.2 Å². The van der Waals surface area contributed by atoms with Gasteiger partial charge in [0, 0.05) is 11.3 Å². The SMILES string of the molecule is COOSc1cccc(CCC=O)c1. The smallest absolute Gasteiger partial charge is 0.120 e. The zero-order valence-electron chi connectivity index (χ0n) is 7.93. The molecule has 0 aromatic heterocycles. The van der Waals surface area contributed by atoms with Crippen molar-refractivity contribution in [2.45, 2.75) is 17.7 Å². The molecule has 1 aromatic carbocycles. The Hall–Kier alpha value is -0.840. The quantitative estimate of drug-likeness (QED) is 0.314. The lowest BCUT2D eigenvalue weighted by Crippen LogP contribution is -1.86.